The van der Waals surface area contributed by atoms with E-state index in [1.165, 1.54) is 23.3 Å². The van der Waals surface area contributed by atoms with Crippen molar-refractivity contribution >= 4 is 23.9 Å². The van der Waals surface area contributed by atoms with E-state index in [4.69, 9.17) is 9.90 Å². The molecule has 0 bridgehead atoms. The van der Waals surface area contributed by atoms with Crippen molar-refractivity contribution in [1.82, 2.24) is 15.5 Å². The quantitative estimate of drug-likeness (QED) is 0.231. The molecule has 1 aliphatic heterocycles. The van der Waals surface area contributed by atoms with Crippen molar-refractivity contribution in [3.63, 3.8) is 0 Å². The predicted molar refractivity (Wildman–Crippen MR) is 173 cm³/mol. The van der Waals surface area contributed by atoms with Crippen LogP contribution in [-0.4, -0.2) is 66.2 Å². The Balaban J connectivity index is 0.000000698. The second-order valence-electron chi connectivity index (χ2n) is 12.0. The molecule has 0 atom stereocenters. The molecule has 49 heavy (non-hydrogen) atoms. The summed E-state index contributed by atoms with van der Waals surface area (Å²) < 4.78 is 70.5. The highest BCUT2D eigenvalue weighted by Crippen LogP contribution is 2.30. The molecule has 3 aromatic rings. The first-order valence-corrected chi connectivity index (χ1v) is 15.8. The third kappa shape index (κ3) is 10.9. The number of hydrogen-bond donors (Lipinski definition) is 3. The molecule has 2 amide bonds. The van der Waals surface area contributed by atoms with Crippen LogP contribution in [0.5, 0.6) is 0 Å². The first kappa shape index (κ1) is 37.2. The fourth-order valence-electron chi connectivity index (χ4n) is 5.64. The Bertz CT molecular complexity index is 1660. The molecule has 0 radical (unpaired) electrons. The fourth-order valence-corrected chi connectivity index (χ4v) is 5.64. The second kappa shape index (κ2) is 16.2. The summed E-state index contributed by atoms with van der Waals surface area (Å²) in [7, 11) is 0. The van der Waals surface area contributed by atoms with Crippen molar-refractivity contribution in [3.05, 3.63) is 100 Å². The first-order valence-electron chi connectivity index (χ1n) is 15.8. The lowest BCUT2D eigenvalue weighted by molar-refractivity contribution is -0.192. The summed E-state index contributed by atoms with van der Waals surface area (Å²) in [5.41, 5.74) is 5.87. The van der Waals surface area contributed by atoms with Gasteiger partial charge in [0, 0.05) is 43.4 Å². The number of benzene rings is 3. The first-order chi connectivity index (χ1) is 23.1. The lowest BCUT2D eigenvalue weighted by Gasteiger charge is -2.32. The van der Waals surface area contributed by atoms with Gasteiger partial charge < -0.3 is 20.6 Å². The third-order valence-electron chi connectivity index (χ3n) is 8.38. The molecule has 0 saturated carbocycles. The van der Waals surface area contributed by atoms with Crippen LogP contribution in [0, 0.1) is 6.92 Å². The van der Waals surface area contributed by atoms with E-state index in [2.05, 4.69) is 71.0 Å². The summed E-state index contributed by atoms with van der Waals surface area (Å²) >= 11 is 0. The smallest absolute Gasteiger partial charge is 0.475 e. The number of aliphatic carboxylic acids is 1. The number of amides is 2. The summed E-state index contributed by atoms with van der Waals surface area (Å²) in [4.78, 5) is 36.7. The number of carboxylic acid groups (broad SMARTS) is 1. The molecular formula is C36H37F6N3O4. The number of fused-ring (bicyclic) bond motifs is 1. The molecule has 0 aromatic heterocycles. The third-order valence-corrected chi connectivity index (χ3v) is 8.38. The summed E-state index contributed by atoms with van der Waals surface area (Å²) in [6.45, 7) is 4.55. The molecule has 2 aliphatic rings. The van der Waals surface area contributed by atoms with Crippen LogP contribution in [-0.2, 0) is 22.2 Å². The molecule has 1 fully saturated rings. The van der Waals surface area contributed by atoms with Crippen molar-refractivity contribution in [1.29, 1.82) is 0 Å². The van der Waals surface area contributed by atoms with Gasteiger partial charge in [-0.05, 0) is 91.6 Å². The van der Waals surface area contributed by atoms with Crippen LogP contribution >= 0.6 is 0 Å². The van der Waals surface area contributed by atoms with Gasteiger partial charge in [-0.3, -0.25) is 9.59 Å². The van der Waals surface area contributed by atoms with Crippen molar-refractivity contribution in [2.24, 2.45) is 0 Å². The summed E-state index contributed by atoms with van der Waals surface area (Å²) in [5.74, 6) is -3.28. The molecule has 1 heterocycles. The molecule has 0 spiro atoms. The Labute approximate surface area is 280 Å². The van der Waals surface area contributed by atoms with E-state index in [0.717, 1.165) is 79.6 Å². The van der Waals surface area contributed by atoms with Gasteiger partial charge in [-0.1, -0.05) is 48.0 Å². The van der Waals surface area contributed by atoms with Gasteiger partial charge in [-0.25, -0.2) is 4.79 Å². The summed E-state index contributed by atoms with van der Waals surface area (Å²) in [6, 6.07) is 19.5. The number of carbonyl (C=O) groups is 3. The van der Waals surface area contributed by atoms with Crippen molar-refractivity contribution in [2.45, 2.75) is 57.4 Å². The van der Waals surface area contributed by atoms with Gasteiger partial charge in [0.15, 0.2) is 0 Å². The number of aryl methyl sites for hydroxylation is 2. The number of likely N-dealkylation sites (tertiary alicyclic amines) is 1. The average molecular weight is 690 g/mol. The normalized spacial score (nSPS) is 15.5. The maximum atomic E-state index is 13.3. The maximum Gasteiger partial charge on any atom is 0.490 e. The average Bonchev–Trinajstić information content (AvgIpc) is 3.28. The fraction of sp³-hybridized carbons (Fsp3) is 0.361. The molecule has 3 aromatic carbocycles. The van der Waals surface area contributed by atoms with Crippen LogP contribution in [0.4, 0.5) is 26.3 Å². The minimum absolute atomic E-state index is 0.00427. The topological polar surface area (TPSA) is 98.7 Å². The molecule has 7 nitrogen and oxygen atoms in total. The zero-order chi connectivity index (χ0) is 35.8. The predicted octanol–water partition coefficient (Wildman–Crippen LogP) is 7.04. The van der Waals surface area contributed by atoms with Gasteiger partial charge >= 0.3 is 18.3 Å². The molecule has 1 aliphatic carbocycles. The molecule has 5 rings (SSSR count). The van der Waals surface area contributed by atoms with E-state index >= 15 is 0 Å². The molecule has 1 saturated heterocycles. The van der Waals surface area contributed by atoms with E-state index in [1.54, 1.807) is 0 Å². The highest BCUT2D eigenvalue weighted by Gasteiger charge is 2.38. The van der Waals surface area contributed by atoms with Crippen molar-refractivity contribution in [3.8, 4) is 11.1 Å². The zero-order valence-corrected chi connectivity index (χ0v) is 26.8. The number of rotatable bonds is 7. The zero-order valence-electron chi connectivity index (χ0n) is 26.8. The molecule has 3 N–H and O–H groups in total. The number of halogens is 6. The van der Waals surface area contributed by atoms with Gasteiger partial charge in [-0.2, -0.15) is 26.3 Å². The number of alkyl halides is 6. The van der Waals surface area contributed by atoms with Crippen LogP contribution in [0.15, 0.2) is 72.3 Å². The lowest BCUT2D eigenvalue weighted by Crippen LogP contribution is -2.46. The molecule has 13 heteroatoms. The highest BCUT2D eigenvalue weighted by atomic mass is 19.4. The Morgan fingerprint density at radius 3 is 2.14 bits per heavy atom. The van der Waals surface area contributed by atoms with Gasteiger partial charge in [0.05, 0.1) is 5.56 Å². The summed E-state index contributed by atoms with van der Waals surface area (Å²) in [5, 5.41) is 13.1. The lowest BCUT2D eigenvalue weighted by atomic mass is 9.97. The number of hydrogen-bond acceptors (Lipinski definition) is 4. The van der Waals surface area contributed by atoms with E-state index < -0.39 is 29.8 Å². The number of carboxylic acids is 1. The van der Waals surface area contributed by atoms with E-state index in [9.17, 15) is 35.9 Å². The van der Waals surface area contributed by atoms with Gasteiger partial charge in [0.1, 0.15) is 0 Å². The standard InChI is InChI=1S/C34H36F3N3O2.C2HF3O2/c1-23-8-10-25(11-9-23)26-13-12-24-4-2-5-27(21-29(24)20-26)33(42)39-31-14-17-40(18-15-31)19-16-38-32(41)28-6-3-7-30(22-28)34(35,36)37;3-2(4,5)1(6)7/h3,6-13,20-22,31H,2,4-5,14-19H2,1H3,(H,38,41)(H,39,42);(H,6,7). The van der Waals surface area contributed by atoms with Crippen molar-refractivity contribution < 1.29 is 45.8 Å². The van der Waals surface area contributed by atoms with E-state index in [1.807, 2.05) is 0 Å². The largest absolute Gasteiger partial charge is 0.490 e. The minimum atomic E-state index is -5.08. The second-order valence-corrected chi connectivity index (χ2v) is 12.0. The number of carbonyl (C=O) groups excluding carboxylic acids is 2. The number of nitrogens with one attached hydrogen (secondary N) is 2. The Hall–Kier alpha value is -4.65. The van der Waals surface area contributed by atoms with Gasteiger partial charge in [-0.15, -0.1) is 0 Å². The summed E-state index contributed by atoms with van der Waals surface area (Å²) in [6.07, 6.45) is -3.30. The number of piperidine rings is 1. The number of nitrogens with zero attached hydrogens (tertiary/aromatic N) is 1. The van der Waals surface area contributed by atoms with E-state index in [0.29, 0.717) is 13.1 Å². The van der Waals surface area contributed by atoms with Crippen LogP contribution in [0.2, 0.25) is 0 Å². The van der Waals surface area contributed by atoms with Gasteiger partial charge in [0.2, 0.25) is 5.91 Å². The van der Waals surface area contributed by atoms with Crippen LogP contribution in [0.25, 0.3) is 17.2 Å². The maximum absolute atomic E-state index is 13.3. The SMILES string of the molecule is Cc1ccc(-c2ccc3c(c2)C=C(C(=O)NC2CCN(CCNC(=O)c4cccc(C(F)(F)F)c4)CC2)CCC3)cc1.O=C(O)C(F)(F)F. The van der Waals surface area contributed by atoms with Crippen LogP contribution in [0.1, 0.15) is 58.3 Å². The Morgan fingerprint density at radius 1 is 0.857 bits per heavy atom. The monoisotopic (exact) mass is 689 g/mol. The van der Waals surface area contributed by atoms with Crippen LogP contribution in [0.3, 0.4) is 0 Å². The van der Waals surface area contributed by atoms with Gasteiger partial charge in [0.25, 0.3) is 5.91 Å². The molecule has 262 valence electrons. The van der Waals surface area contributed by atoms with E-state index in [-0.39, 0.29) is 17.5 Å². The Morgan fingerprint density at radius 2 is 1.51 bits per heavy atom. The Kier molecular flexibility index (Phi) is 12.3. The highest BCUT2D eigenvalue weighted by molar-refractivity contribution is 5.98. The minimum Gasteiger partial charge on any atom is -0.475 e. The molecule has 0 unspecified atom stereocenters. The van der Waals surface area contributed by atoms with Crippen molar-refractivity contribution in [2.75, 3.05) is 26.2 Å². The van der Waals surface area contributed by atoms with Crippen LogP contribution < -0.4 is 10.6 Å². The molecular weight excluding hydrogens is 652 g/mol.